The Hall–Kier alpha value is -1.59. The second kappa shape index (κ2) is 8.31. The monoisotopic (exact) mass is 320 g/mol. The van der Waals surface area contributed by atoms with Crippen LogP contribution in [0.4, 0.5) is 0 Å². The number of aliphatic hydroxyl groups is 1. The van der Waals surface area contributed by atoms with Crippen LogP contribution in [-0.2, 0) is 4.79 Å². The van der Waals surface area contributed by atoms with Crippen LogP contribution >= 0.6 is 0 Å². The van der Waals surface area contributed by atoms with Gasteiger partial charge in [-0.05, 0) is 57.9 Å². The summed E-state index contributed by atoms with van der Waals surface area (Å²) in [6.07, 6.45) is 1.66. The summed E-state index contributed by atoms with van der Waals surface area (Å²) in [5.41, 5.74) is 0.748. The Labute approximate surface area is 138 Å². The van der Waals surface area contributed by atoms with E-state index in [1.165, 1.54) is 0 Å². The van der Waals surface area contributed by atoms with Gasteiger partial charge in [-0.25, -0.2) is 0 Å². The molecule has 0 unspecified atom stereocenters. The SMILES string of the molecule is CC(C)Oc1cccc([C@H](O)CNC(=O)CN2CCC[C@@H]2C)c1. The number of nitrogens with one attached hydrogen (secondary N) is 1. The molecular formula is C18H28N2O3. The van der Waals surface area contributed by atoms with Crippen LogP contribution in [0.1, 0.15) is 45.3 Å². The zero-order valence-corrected chi connectivity index (χ0v) is 14.3. The highest BCUT2D eigenvalue weighted by molar-refractivity contribution is 5.78. The minimum Gasteiger partial charge on any atom is -0.491 e. The molecule has 1 amide bonds. The lowest BCUT2D eigenvalue weighted by molar-refractivity contribution is -0.122. The average Bonchev–Trinajstić information content (AvgIpc) is 2.89. The molecule has 0 radical (unpaired) electrons. The van der Waals surface area contributed by atoms with Gasteiger partial charge in [0.25, 0.3) is 0 Å². The molecule has 1 heterocycles. The van der Waals surface area contributed by atoms with Crippen molar-refractivity contribution in [2.75, 3.05) is 19.6 Å². The molecule has 0 bridgehead atoms. The highest BCUT2D eigenvalue weighted by Crippen LogP contribution is 2.20. The van der Waals surface area contributed by atoms with Gasteiger partial charge in [0.15, 0.2) is 0 Å². The minimum absolute atomic E-state index is 0.0348. The van der Waals surface area contributed by atoms with Gasteiger partial charge in [0.05, 0.1) is 18.8 Å². The first-order chi connectivity index (χ1) is 11.0. The summed E-state index contributed by atoms with van der Waals surface area (Å²) in [6, 6.07) is 7.84. The van der Waals surface area contributed by atoms with Gasteiger partial charge in [0.2, 0.25) is 5.91 Å². The highest BCUT2D eigenvalue weighted by Gasteiger charge is 2.22. The second-order valence-electron chi connectivity index (χ2n) is 6.52. The van der Waals surface area contributed by atoms with Crippen molar-refractivity contribution in [1.29, 1.82) is 0 Å². The number of benzene rings is 1. The first kappa shape index (κ1) is 17.8. The zero-order valence-electron chi connectivity index (χ0n) is 14.3. The van der Waals surface area contributed by atoms with E-state index >= 15 is 0 Å². The number of hydrogen-bond donors (Lipinski definition) is 2. The Morgan fingerprint density at radius 1 is 1.48 bits per heavy atom. The molecule has 1 aromatic carbocycles. The van der Waals surface area contributed by atoms with E-state index in [1.54, 1.807) is 0 Å². The standard InChI is InChI=1S/C18H28N2O3/c1-13(2)23-16-8-4-7-15(10-16)17(21)11-19-18(22)12-20-9-5-6-14(20)3/h4,7-8,10,13-14,17,21H,5-6,9,11-12H2,1-3H3,(H,19,22)/t14-,17+/m0/s1. The molecule has 5 nitrogen and oxygen atoms in total. The van der Waals surface area contributed by atoms with Gasteiger partial charge in [-0.15, -0.1) is 0 Å². The van der Waals surface area contributed by atoms with Crippen LogP contribution in [-0.4, -0.2) is 47.7 Å². The summed E-state index contributed by atoms with van der Waals surface area (Å²) in [6.45, 7) is 7.67. The van der Waals surface area contributed by atoms with Gasteiger partial charge in [0.1, 0.15) is 5.75 Å². The summed E-state index contributed by atoms with van der Waals surface area (Å²) >= 11 is 0. The van der Waals surface area contributed by atoms with Gasteiger partial charge in [0, 0.05) is 12.6 Å². The smallest absolute Gasteiger partial charge is 0.234 e. The number of ether oxygens (including phenoxy) is 1. The van der Waals surface area contributed by atoms with Crippen LogP contribution in [0.3, 0.4) is 0 Å². The lowest BCUT2D eigenvalue weighted by atomic mass is 10.1. The molecule has 128 valence electrons. The van der Waals surface area contributed by atoms with Crippen LogP contribution in [0.25, 0.3) is 0 Å². The van der Waals surface area contributed by atoms with Crippen LogP contribution < -0.4 is 10.1 Å². The molecule has 2 N–H and O–H groups in total. The molecule has 0 aliphatic carbocycles. The molecule has 1 aliphatic rings. The van der Waals surface area contributed by atoms with Gasteiger partial charge in [-0.3, -0.25) is 9.69 Å². The van der Waals surface area contributed by atoms with Gasteiger partial charge in [-0.2, -0.15) is 0 Å². The van der Waals surface area contributed by atoms with Crippen molar-refractivity contribution in [3.63, 3.8) is 0 Å². The average molecular weight is 320 g/mol. The van der Waals surface area contributed by atoms with E-state index in [0.29, 0.717) is 12.6 Å². The van der Waals surface area contributed by atoms with Crippen molar-refractivity contribution in [3.8, 4) is 5.75 Å². The van der Waals surface area contributed by atoms with Crippen molar-refractivity contribution in [2.45, 2.75) is 51.9 Å². The molecule has 0 aromatic heterocycles. The van der Waals surface area contributed by atoms with Crippen molar-refractivity contribution in [3.05, 3.63) is 29.8 Å². The minimum atomic E-state index is -0.731. The molecule has 1 saturated heterocycles. The third kappa shape index (κ3) is 5.52. The Kier molecular flexibility index (Phi) is 6.42. The molecule has 23 heavy (non-hydrogen) atoms. The second-order valence-corrected chi connectivity index (χ2v) is 6.52. The summed E-state index contributed by atoms with van der Waals surface area (Å²) < 4.78 is 5.63. The Balaban J connectivity index is 1.82. The normalized spacial score (nSPS) is 19.8. The fourth-order valence-corrected chi connectivity index (χ4v) is 2.86. The fourth-order valence-electron chi connectivity index (χ4n) is 2.86. The van der Waals surface area contributed by atoms with E-state index in [2.05, 4.69) is 17.1 Å². The molecule has 1 fully saturated rings. The largest absolute Gasteiger partial charge is 0.491 e. The number of carbonyl (C=O) groups excluding carboxylic acids is 1. The van der Waals surface area contributed by atoms with E-state index in [1.807, 2.05) is 38.1 Å². The summed E-state index contributed by atoms with van der Waals surface area (Å²) in [4.78, 5) is 14.2. The predicted molar refractivity (Wildman–Crippen MR) is 90.4 cm³/mol. The lowest BCUT2D eigenvalue weighted by Gasteiger charge is -2.21. The number of aliphatic hydroxyl groups excluding tert-OH is 1. The predicted octanol–water partition coefficient (Wildman–Crippen LogP) is 2.11. The Morgan fingerprint density at radius 2 is 2.26 bits per heavy atom. The van der Waals surface area contributed by atoms with Gasteiger partial charge >= 0.3 is 0 Å². The maximum atomic E-state index is 12.0. The highest BCUT2D eigenvalue weighted by atomic mass is 16.5. The molecule has 0 saturated carbocycles. The van der Waals surface area contributed by atoms with E-state index in [9.17, 15) is 9.90 Å². The molecule has 0 spiro atoms. The lowest BCUT2D eigenvalue weighted by Crippen LogP contribution is -2.40. The van der Waals surface area contributed by atoms with Crippen LogP contribution in [0.2, 0.25) is 0 Å². The van der Waals surface area contributed by atoms with Crippen molar-refractivity contribution >= 4 is 5.91 Å². The quantitative estimate of drug-likeness (QED) is 0.808. The van der Waals surface area contributed by atoms with Gasteiger partial charge in [-0.1, -0.05) is 12.1 Å². The number of amides is 1. The van der Waals surface area contributed by atoms with Crippen LogP contribution in [0.5, 0.6) is 5.75 Å². The topological polar surface area (TPSA) is 61.8 Å². The molecular weight excluding hydrogens is 292 g/mol. The van der Waals surface area contributed by atoms with Crippen molar-refractivity contribution in [2.24, 2.45) is 0 Å². The third-order valence-electron chi connectivity index (χ3n) is 4.14. The molecule has 2 atom stereocenters. The molecule has 2 rings (SSSR count). The number of likely N-dealkylation sites (tertiary alicyclic amines) is 1. The van der Waals surface area contributed by atoms with E-state index < -0.39 is 6.10 Å². The van der Waals surface area contributed by atoms with Crippen molar-refractivity contribution < 1.29 is 14.6 Å². The summed E-state index contributed by atoms with van der Waals surface area (Å²) in [7, 11) is 0. The van der Waals surface area contributed by atoms with Crippen molar-refractivity contribution in [1.82, 2.24) is 10.2 Å². The Bertz CT molecular complexity index is 519. The summed E-state index contributed by atoms with van der Waals surface area (Å²) in [5.74, 6) is 0.696. The van der Waals surface area contributed by atoms with Crippen LogP contribution in [0, 0.1) is 0 Å². The third-order valence-corrected chi connectivity index (χ3v) is 4.14. The van der Waals surface area contributed by atoms with Gasteiger partial charge < -0.3 is 15.2 Å². The first-order valence-corrected chi connectivity index (χ1v) is 8.41. The number of hydrogen-bond acceptors (Lipinski definition) is 4. The first-order valence-electron chi connectivity index (χ1n) is 8.41. The van der Waals surface area contributed by atoms with E-state index in [0.717, 1.165) is 30.7 Å². The Morgan fingerprint density at radius 3 is 2.91 bits per heavy atom. The zero-order chi connectivity index (χ0) is 16.8. The molecule has 1 aromatic rings. The number of carbonyl (C=O) groups is 1. The van der Waals surface area contributed by atoms with E-state index in [-0.39, 0.29) is 18.6 Å². The maximum absolute atomic E-state index is 12.0. The summed E-state index contributed by atoms with van der Waals surface area (Å²) in [5, 5.41) is 13.1. The molecule has 1 aliphatic heterocycles. The van der Waals surface area contributed by atoms with Crippen LogP contribution in [0.15, 0.2) is 24.3 Å². The number of rotatable bonds is 7. The fraction of sp³-hybridized carbons (Fsp3) is 0.611. The van der Waals surface area contributed by atoms with E-state index in [4.69, 9.17) is 4.74 Å². The maximum Gasteiger partial charge on any atom is 0.234 e. The number of nitrogens with zero attached hydrogens (tertiary/aromatic N) is 1. The molecule has 5 heteroatoms.